The molecule has 2 unspecified atom stereocenters. The first-order chi connectivity index (χ1) is 10.9. The maximum absolute atomic E-state index is 12.1. The first kappa shape index (κ1) is 17.2. The molecule has 1 fully saturated rings. The molecule has 1 aliphatic carbocycles. The van der Waals surface area contributed by atoms with Gasteiger partial charge in [0.15, 0.2) is 6.61 Å². The van der Waals surface area contributed by atoms with Crippen molar-refractivity contribution in [2.75, 3.05) is 6.61 Å². The molecule has 1 saturated carbocycles. The fourth-order valence-corrected chi connectivity index (χ4v) is 3.05. The molecule has 126 valence electrons. The summed E-state index contributed by atoms with van der Waals surface area (Å²) in [5, 5.41) is 2.92. The van der Waals surface area contributed by atoms with E-state index in [-0.39, 0.29) is 29.9 Å². The van der Waals surface area contributed by atoms with Crippen LogP contribution in [-0.4, -0.2) is 24.5 Å². The number of hydrogen-bond donors (Lipinski definition) is 1. The van der Waals surface area contributed by atoms with Gasteiger partial charge in [-0.05, 0) is 38.2 Å². The van der Waals surface area contributed by atoms with Crippen LogP contribution in [0.2, 0.25) is 0 Å². The molecule has 1 amide bonds. The van der Waals surface area contributed by atoms with Gasteiger partial charge in [0.2, 0.25) is 0 Å². The molecule has 2 rings (SSSR count). The second kappa shape index (κ2) is 7.44. The summed E-state index contributed by atoms with van der Waals surface area (Å²) < 4.78 is 9.95. The number of hydrogen-bond acceptors (Lipinski definition) is 5. The molecular weight excluding hydrogens is 298 g/mol. The first-order valence-electron chi connectivity index (χ1n) is 7.96. The summed E-state index contributed by atoms with van der Waals surface area (Å²) in [7, 11) is 0. The number of nitrogens with one attached hydrogen (secondary N) is 1. The van der Waals surface area contributed by atoms with Crippen LogP contribution in [0.1, 0.15) is 54.3 Å². The van der Waals surface area contributed by atoms with Crippen LogP contribution < -0.4 is 10.9 Å². The van der Waals surface area contributed by atoms with Crippen LogP contribution in [0.25, 0.3) is 0 Å². The number of ether oxygens (including phenoxy) is 1. The lowest BCUT2D eigenvalue weighted by Gasteiger charge is -2.29. The maximum atomic E-state index is 12.1. The van der Waals surface area contributed by atoms with Crippen molar-refractivity contribution in [3.8, 4) is 0 Å². The molecule has 1 aromatic heterocycles. The van der Waals surface area contributed by atoms with Crippen molar-refractivity contribution in [2.24, 2.45) is 5.92 Å². The summed E-state index contributed by atoms with van der Waals surface area (Å²) in [5.41, 5.74) is 0.161. The van der Waals surface area contributed by atoms with E-state index in [2.05, 4.69) is 12.2 Å². The molecular formula is C17H23NO5. The molecule has 23 heavy (non-hydrogen) atoms. The topological polar surface area (TPSA) is 85.6 Å². The molecule has 0 aliphatic heterocycles. The second-order valence-electron chi connectivity index (χ2n) is 6.19. The summed E-state index contributed by atoms with van der Waals surface area (Å²) in [6, 6.07) is 1.38. The highest BCUT2D eigenvalue weighted by molar-refractivity contribution is 5.93. The molecule has 1 N–H and O–H groups in total. The Bertz CT molecular complexity index is 623. The fourth-order valence-electron chi connectivity index (χ4n) is 3.05. The van der Waals surface area contributed by atoms with Gasteiger partial charge in [-0.15, -0.1) is 0 Å². The summed E-state index contributed by atoms with van der Waals surface area (Å²) in [4.78, 5) is 35.3. The summed E-state index contributed by atoms with van der Waals surface area (Å²) in [6.45, 7) is 4.94. The number of rotatable bonds is 4. The van der Waals surface area contributed by atoms with Gasteiger partial charge in [-0.1, -0.05) is 19.8 Å². The Labute approximate surface area is 135 Å². The lowest BCUT2D eigenvalue weighted by Crippen LogP contribution is -2.42. The molecule has 0 spiro atoms. The van der Waals surface area contributed by atoms with Crippen molar-refractivity contribution in [1.82, 2.24) is 5.32 Å². The van der Waals surface area contributed by atoms with Crippen molar-refractivity contribution in [2.45, 2.75) is 52.5 Å². The smallest absolute Gasteiger partial charge is 0.342 e. The van der Waals surface area contributed by atoms with Crippen molar-refractivity contribution in [3.63, 3.8) is 0 Å². The van der Waals surface area contributed by atoms with E-state index in [1.165, 1.54) is 19.4 Å². The van der Waals surface area contributed by atoms with Gasteiger partial charge in [-0.2, -0.15) is 0 Å². The van der Waals surface area contributed by atoms with Crippen LogP contribution in [0.4, 0.5) is 0 Å². The van der Waals surface area contributed by atoms with E-state index in [1.807, 2.05) is 0 Å². The normalized spacial score (nSPS) is 20.8. The van der Waals surface area contributed by atoms with Crippen LogP contribution in [0.3, 0.4) is 0 Å². The minimum atomic E-state index is -0.657. The Kier molecular flexibility index (Phi) is 5.58. The minimum Gasteiger partial charge on any atom is -0.452 e. The number of esters is 1. The van der Waals surface area contributed by atoms with E-state index < -0.39 is 11.6 Å². The van der Waals surface area contributed by atoms with Gasteiger partial charge in [0.05, 0.1) is 0 Å². The highest BCUT2D eigenvalue weighted by Gasteiger charge is 2.24. The number of carbonyl (C=O) groups excluding carboxylic acids is 2. The van der Waals surface area contributed by atoms with Gasteiger partial charge in [0.1, 0.15) is 11.3 Å². The second-order valence-corrected chi connectivity index (χ2v) is 6.19. The number of amides is 1. The van der Waals surface area contributed by atoms with Gasteiger partial charge in [-0.3, -0.25) is 4.79 Å². The zero-order valence-electron chi connectivity index (χ0n) is 13.8. The van der Waals surface area contributed by atoms with Crippen molar-refractivity contribution in [1.29, 1.82) is 0 Å². The van der Waals surface area contributed by atoms with Gasteiger partial charge < -0.3 is 14.5 Å². The van der Waals surface area contributed by atoms with Crippen LogP contribution in [0.15, 0.2) is 15.3 Å². The zero-order valence-corrected chi connectivity index (χ0v) is 13.8. The Balaban J connectivity index is 1.91. The Morgan fingerprint density at radius 1 is 1.30 bits per heavy atom. The average Bonchev–Trinajstić information content (AvgIpc) is 2.46. The lowest BCUT2D eigenvalue weighted by atomic mass is 9.86. The molecule has 1 heterocycles. The highest BCUT2D eigenvalue weighted by atomic mass is 16.5. The third-order valence-corrected chi connectivity index (χ3v) is 4.33. The molecule has 0 aromatic carbocycles. The zero-order chi connectivity index (χ0) is 17.0. The highest BCUT2D eigenvalue weighted by Crippen LogP contribution is 2.23. The van der Waals surface area contributed by atoms with Gasteiger partial charge in [0, 0.05) is 12.1 Å². The number of carbonyl (C=O) groups is 2. The molecule has 0 bridgehead atoms. The average molecular weight is 321 g/mol. The van der Waals surface area contributed by atoms with Crippen LogP contribution in [-0.2, 0) is 9.53 Å². The third-order valence-electron chi connectivity index (χ3n) is 4.33. The van der Waals surface area contributed by atoms with Crippen LogP contribution >= 0.6 is 0 Å². The van der Waals surface area contributed by atoms with E-state index in [9.17, 15) is 14.4 Å². The molecule has 0 saturated heterocycles. The minimum absolute atomic E-state index is 0.146. The molecule has 1 aromatic rings. The summed E-state index contributed by atoms with van der Waals surface area (Å²) >= 11 is 0. The fraction of sp³-hybridized carbons (Fsp3) is 0.588. The van der Waals surface area contributed by atoms with Gasteiger partial charge in [-0.25, -0.2) is 9.59 Å². The van der Waals surface area contributed by atoms with E-state index in [0.717, 1.165) is 19.3 Å². The van der Waals surface area contributed by atoms with Gasteiger partial charge >= 0.3 is 11.6 Å². The van der Waals surface area contributed by atoms with E-state index in [1.54, 1.807) is 6.92 Å². The Hall–Kier alpha value is -2.11. The van der Waals surface area contributed by atoms with Crippen molar-refractivity contribution in [3.05, 3.63) is 33.4 Å². The maximum Gasteiger partial charge on any atom is 0.342 e. The largest absolute Gasteiger partial charge is 0.452 e. The first-order valence-corrected chi connectivity index (χ1v) is 7.96. The molecule has 1 aliphatic rings. The molecule has 6 nitrogen and oxygen atoms in total. The van der Waals surface area contributed by atoms with Crippen LogP contribution in [0.5, 0.6) is 0 Å². The van der Waals surface area contributed by atoms with E-state index in [0.29, 0.717) is 11.5 Å². The Morgan fingerprint density at radius 3 is 2.65 bits per heavy atom. The van der Waals surface area contributed by atoms with Crippen molar-refractivity contribution < 1.29 is 18.7 Å². The monoisotopic (exact) mass is 321 g/mol. The summed E-state index contributed by atoms with van der Waals surface area (Å²) in [6.07, 6.45) is 4.37. The molecule has 0 radical (unpaired) electrons. The molecule has 6 heteroatoms. The van der Waals surface area contributed by atoms with E-state index in [4.69, 9.17) is 9.15 Å². The predicted octanol–water partition coefficient (Wildman–Crippen LogP) is 2.11. The standard InChI is InChI=1S/C17H23NO5/c1-10-6-4-5-7-13(10)18-14(19)9-22-17(21)16-11(2)8-15(20)23-12(16)3/h8,10,13H,4-7,9H2,1-3H3,(H,18,19). The summed E-state index contributed by atoms with van der Waals surface area (Å²) in [5.74, 6) is -0.321. The molecule has 2 atom stereocenters. The quantitative estimate of drug-likeness (QED) is 0.858. The van der Waals surface area contributed by atoms with E-state index >= 15 is 0 Å². The third kappa shape index (κ3) is 4.43. The SMILES string of the molecule is Cc1cc(=O)oc(C)c1C(=O)OCC(=O)NC1CCCCC1C. The lowest BCUT2D eigenvalue weighted by molar-refractivity contribution is -0.125. The Morgan fingerprint density at radius 2 is 2.00 bits per heavy atom. The number of aryl methyl sites for hydroxylation is 2. The van der Waals surface area contributed by atoms with Gasteiger partial charge in [0.25, 0.3) is 5.91 Å². The van der Waals surface area contributed by atoms with Crippen LogP contribution in [0, 0.1) is 19.8 Å². The van der Waals surface area contributed by atoms with Crippen molar-refractivity contribution >= 4 is 11.9 Å². The predicted molar refractivity (Wildman–Crippen MR) is 84.3 cm³/mol.